The SMILES string of the molecule is Cc1cc(-c2cc3ccc(=O)[nH]c3nc2-c2cccc(C#N)c2C)cc(Cl)c1CS(C)(=O)=O. The summed E-state index contributed by atoms with van der Waals surface area (Å²) in [6.45, 7) is 3.67. The first-order chi connectivity index (χ1) is 15.6. The van der Waals surface area contributed by atoms with E-state index in [-0.39, 0.29) is 11.3 Å². The third-order valence-corrected chi connectivity index (χ3v) is 6.70. The summed E-state index contributed by atoms with van der Waals surface area (Å²) in [7, 11) is -3.26. The largest absolute Gasteiger partial charge is 0.307 e. The zero-order valence-corrected chi connectivity index (χ0v) is 19.8. The number of halogens is 1. The lowest BCUT2D eigenvalue weighted by Crippen LogP contribution is -2.06. The van der Waals surface area contributed by atoms with Gasteiger partial charge in [-0.25, -0.2) is 13.4 Å². The van der Waals surface area contributed by atoms with E-state index in [1.807, 2.05) is 32.0 Å². The van der Waals surface area contributed by atoms with Crippen LogP contribution in [-0.2, 0) is 15.6 Å². The van der Waals surface area contributed by atoms with Gasteiger partial charge >= 0.3 is 0 Å². The highest BCUT2D eigenvalue weighted by Gasteiger charge is 2.18. The molecule has 2 aromatic heterocycles. The summed E-state index contributed by atoms with van der Waals surface area (Å²) in [5, 5.41) is 10.6. The average Bonchev–Trinajstić information content (AvgIpc) is 2.75. The van der Waals surface area contributed by atoms with Gasteiger partial charge < -0.3 is 4.98 Å². The maximum absolute atomic E-state index is 11.9. The van der Waals surface area contributed by atoms with Gasteiger partial charge in [-0.3, -0.25) is 4.79 Å². The molecule has 0 unspecified atom stereocenters. The summed E-state index contributed by atoms with van der Waals surface area (Å²) >= 11 is 6.53. The quantitative estimate of drug-likeness (QED) is 0.448. The van der Waals surface area contributed by atoms with E-state index in [1.165, 1.54) is 12.3 Å². The Balaban J connectivity index is 2.04. The maximum atomic E-state index is 11.9. The summed E-state index contributed by atoms with van der Waals surface area (Å²) < 4.78 is 23.7. The second kappa shape index (κ2) is 8.47. The molecule has 0 fully saturated rings. The molecule has 0 aliphatic rings. The fourth-order valence-corrected chi connectivity index (χ4v) is 5.21. The maximum Gasteiger partial charge on any atom is 0.249 e. The molecule has 4 rings (SSSR count). The second-order valence-corrected chi connectivity index (χ2v) is 10.6. The first-order valence-electron chi connectivity index (χ1n) is 10.1. The predicted octanol–water partition coefficient (Wildman–Crippen LogP) is 4.94. The third kappa shape index (κ3) is 4.54. The number of fused-ring (bicyclic) bond motifs is 1. The van der Waals surface area contributed by atoms with Gasteiger partial charge in [0.05, 0.1) is 23.1 Å². The molecule has 0 spiro atoms. The van der Waals surface area contributed by atoms with E-state index in [2.05, 4.69) is 11.1 Å². The van der Waals surface area contributed by atoms with Gasteiger partial charge in [-0.05, 0) is 60.4 Å². The molecule has 0 radical (unpaired) electrons. The molecule has 4 aromatic rings. The van der Waals surface area contributed by atoms with Gasteiger partial charge in [0.2, 0.25) is 5.56 Å². The van der Waals surface area contributed by atoms with Gasteiger partial charge in [-0.1, -0.05) is 29.8 Å². The average molecular weight is 478 g/mol. The van der Waals surface area contributed by atoms with Gasteiger partial charge in [0.25, 0.3) is 0 Å². The lowest BCUT2D eigenvalue weighted by Gasteiger charge is -2.16. The van der Waals surface area contributed by atoms with Crippen LogP contribution in [-0.4, -0.2) is 24.6 Å². The van der Waals surface area contributed by atoms with Gasteiger partial charge in [0.15, 0.2) is 9.84 Å². The molecule has 0 aliphatic heterocycles. The Hall–Kier alpha value is -3.47. The number of aryl methyl sites for hydroxylation is 1. The summed E-state index contributed by atoms with van der Waals surface area (Å²) in [6.07, 6.45) is 1.17. The van der Waals surface area contributed by atoms with Crippen molar-refractivity contribution in [1.29, 1.82) is 5.26 Å². The number of pyridine rings is 2. The van der Waals surface area contributed by atoms with Crippen molar-refractivity contribution in [2.75, 3.05) is 6.26 Å². The molecule has 8 heteroatoms. The fourth-order valence-electron chi connectivity index (χ4n) is 3.89. The van der Waals surface area contributed by atoms with Crippen LogP contribution in [0.4, 0.5) is 0 Å². The Bertz CT molecular complexity index is 1610. The molecule has 2 aromatic carbocycles. The van der Waals surface area contributed by atoms with E-state index in [4.69, 9.17) is 16.6 Å². The Labute approximate surface area is 196 Å². The highest BCUT2D eigenvalue weighted by molar-refractivity contribution is 7.89. The van der Waals surface area contributed by atoms with Crippen LogP contribution >= 0.6 is 11.6 Å². The molecule has 0 atom stereocenters. The molecular formula is C25H20ClN3O3S. The molecule has 166 valence electrons. The minimum absolute atomic E-state index is 0.147. The number of rotatable bonds is 4. The zero-order chi connectivity index (χ0) is 23.9. The Kier molecular flexibility index (Phi) is 5.83. The highest BCUT2D eigenvalue weighted by atomic mass is 35.5. The minimum Gasteiger partial charge on any atom is -0.307 e. The number of H-pyrrole nitrogens is 1. The van der Waals surface area contributed by atoms with E-state index < -0.39 is 9.84 Å². The van der Waals surface area contributed by atoms with Crippen molar-refractivity contribution in [1.82, 2.24) is 9.97 Å². The minimum atomic E-state index is -3.26. The van der Waals surface area contributed by atoms with Crippen LogP contribution in [0.3, 0.4) is 0 Å². The number of nitriles is 1. The van der Waals surface area contributed by atoms with Gasteiger partial charge in [0, 0.05) is 33.9 Å². The number of aromatic nitrogens is 2. The molecule has 0 saturated heterocycles. The van der Waals surface area contributed by atoms with E-state index >= 15 is 0 Å². The van der Waals surface area contributed by atoms with Crippen molar-refractivity contribution in [2.45, 2.75) is 19.6 Å². The van der Waals surface area contributed by atoms with Crippen molar-refractivity contribution in [2.24, 2.45) is 0 Å². The van der Waals surface area contributed by atoms with Gasteiger partial charge in [-0.2, -0.15) is 5.26 Å². The lowest BCUT2D eigenvalue weighted by atomic mass is 9.92. The van der Waals surface area contributed by atoms with Crippen LogP contribution in [0.15, 0.2) is 53.3 Å². The van der Waals surface area contributed by atoms with Crippen LogP contribution in [0, 0.1) is 25.2 Å². The lowest BCUT2D eigenvalue weighted by molar-refractivity contribution is 0.601. The number of hydrogen-bond acceptors (Lipinski definition) is 5. The van der Waals surface area contributed by atoms with E-state index in [9.17, 15) is 18.5 Å². The first kappa shape index (κ1) is 22.7. The van der Waals surface area contributed by atoms with Crippen LogP contribution in [0.25, 0.3) is 33.4 Å². The summed E-state index contributed by atoms with van der Waals surface area (Å²) in [6, 6.07) is 16.3. The monoisotopic (exact) mass is 477 g/mol. The first-order valence-corrected chi connectivity index (χ1v) is 12.5. The molecule has 0 bridgehead atoms. The van der Waals surface area contributed by atoms with Crippen LogP contribution < -0.4 is 5.56 Å². The number of sulfone groups is 1. The normalized spacial score (nSPS) is 11.5. The molecule has 6 nitrogen and oxygen atoms in total. The molecule has 0 aliphatic carbocycles. The summed E-state index contributed by atoms with van der Waals surface area (Å²) in [5.74, 6) is -0.147. The van der Waals surface area contributed by atoms with Gasteiger partial charge in [0.1, 0.15) is 5.65 Å². The van der Waals surface area contributed by atoms with Crippen LogP contribution in [0.2, 0.25) is 5.02 Å². The molecule has 0 amide bonds. The smallest absolute Gasteiger partial charge is 0.249 e. The van der Waals surface area contributed by atoms with Crippen molar-refractivity contribution >= 4 is 32.5 Å². The number of aromatic amines is 1. The highest BCUT2D eigenvalue weighted by Crippen LogP contribution is 2.37. The van der Waals surface area contributed by atoms with Crippen molar-refractivity contribution in [3.8, 4) is 28.5 Å². The van der Waals surface area contributed by atoms with Crippen molar-refractivity contribution in [3.05, 3.63) is 86.2 Å². The molecule has 33 heavy (non-hydrogen) atoms. The fraction of sp³-hybridized carbons (Fsp3) is 0.160. The summed E-state index contributed by atoms with van der Waals surface area (Å²) in [4.78, 5) is 19.4. The molecule has 2 heterocycles. The second-order valence-electron chi connectivity index (χ2n) is 8.06. The van der Waals surface area contributed by atoms with Crippen molar-refractivity contribution < 1.29 is 8.42 Å². The van der Waals surface area contributed by atoms with E-state index in [0.717, 1.165) is 33.2 Å². The predicted molar refractivity (Wildman–Crippen MR) is 131 cm³/mol. The number of hydrogen-bond donors (Lipinski definition) is 1. The van der Waals surface area contributed by atoms with Crippen LogP contribution in [0.1, 0.15) is 22.3 Å². The number of nitrogens with zero attached hydrogens (tertiary/aromatic N) is 2. The number of benzene rings is 2. The molecule has 0 saturated carbocycles. The summed E-state index contributed by atoms with van der Waals surface area (Å²) in [5.41, 5.74) is 5.62. The van der Waals surface area contributed by atoms with E-state index in [1.54, 1.807) is 24.3 Å². The Morgan fingerprint density at radius 3 is 2.52 bits per heavy atom. The zero-order valence-electron chi connectivity index (χ0n) is 18.2. The Morgan fingerprint density at radius 2 is 1.85 bits per heavy atom. The molecular weight excluding hydrogens is 458 g/mol. The molecule has 1 N–H and O–H groups in total. The number of nitrogens with one attached hydrogen (secondary N) is 1. The topological polar surface area (TPSA) is 104 Å². The standard InChI is InChI=1S/C25H20ClN3O3S/c1-14-9-18(11-22(26)21(14)13-33(3,31)32)20-10-16-7-8-23(30)28-25(16)29-24(20)19-6-4-5-17(12-27)15(19)2/h4-11H,13H2,1-3H3,(H,28,29,30). The Morgan fingerprint density at radius 1 is 1.09 bits per heavy atom. The van der Waals surface area contributed by atoms with Crippen LogP contribution in [0.5, 0.6) is 0 Å². The van der Waals surface area contributed by atoms with Crippen molar-refractivity contribution in [3.63, 3.8) is 0 Å². The van der Waals surface area contributed by atoms with E-state index in [0.29, 0.717) is 27.5 Å². The van der Waals surface area contributed by atoms with Gasteiger partial charge in [-0.15, -0.1) is 0 Å². The third-order valence-electron chi connectivity index (χ3n) is 5.55.